The molecule has 1 aliphatic rings. The van der Waals surface area contributed by atoms with E-state index in [9.17, 15) is 18.0 Å². The van der Waals surface area contributed by atoms with Crippen LogP contribution in [0.3, 0.4) is 0 Å². The van der Waals surface area contributed by atoms with Crippen LogP contribution >= 0.6 is 0 Å². The van der Waals surface area contributed by atoms with Crippen molar-refractivity contribution in [1.29, 1.82) is 0 Å². The number of nitrogens with zero attached hydrogens (tertiary/aromatic N) is 4. The van der Waals surface area contributed by atoms with Gasteiger partial charge in [-0.1, -0.05) is 6.07 Å². The first-order valence-corrected chi connectivity index (χ1v) is 8.66. The van der Waals surface area contributed by atoms with Gasteiger partial charge in [-0.25, -0.2) is 27.8 Å². The summed E-state index contributed by atoms with van der Waals surface area (Å²) < 4.78 is 51.9. The van der Waals surface area contributed by atoms with Crippen molar-refractivity contribution in [3.8, 4) is 17.3 Å². The van der Waals surface area contributed by atoms with Gasteiger partial charge < -0.3 is 9.47 Å². The Kier molecular flexibility index (Phi) is 5.01. The number of halogens is 3. The number of hydrogen-bond donors (Lipinski definition) is 0. The maximum atomic E-state index is 13.9. The lowest BCUT2D eigenvalue weighted by molar-refractivity contribution is -0.147. The average Bonchev–Trinajstić information content (AvgIpc) is 2.69. The number of rotatable bonds is 6. The molecular weight excluding hydrogens is 389 g/mol. The highest BCUT2D eigenvalue weighted by Crippen LogP contribution is 2.23. The van der Waals surface area contributed by atoms with E-state index in [4.69, 9.17) is 9.47 Å². The highest BCUT2D eigenvalue weighted by molar-refractivity contribution is 5.55. The van der Waals surface area contributed by atoms with E-state index in [1.165, 1.54) is 30.6 Å². The summed E-state index contributed by atoms with van der Waals surface area (Å²) in [5.41, 5.74) is -0.998. The van der Waals surface area contributed by atoms with Crippen molar-refractivity contribution < 1.29 is 22.6 Å². The molecule has 0 unspecified atom stereocenters. The van der Waals surface area contributed by atoms with Gasteiger partial charge in [-0.05, 0) is 12.1 Å². The van der Waals surface area contributed by atoms with Crippen molar-refractivity contribution in [3.63, 3.8) is 0 Å². The molecule has 0 atom stereocenters. The fraction of sp³-hybridized carbons (Fsp3) is 0.263. The van der Waals surface area contributed by atoms with E-state index in [0.29, 0.717) is 11.3 Å². The molecule has 1 aromatic carbocycles. The molecule has 0 bridgehead atoms. The maximum Gasteiger partial charge on any atom is 0.316 e. The Balaban J connectivity index is 1.51. The molecule has 0 spiro atoms. The number of ether oxygens (including phenoxy) is 2. The standard InChI is InChI=1S/C19H15F3N4O3/c20-14-2-1-12(15(21)5-14)8-26-17(27)4-3-16(25-26)13-6-23-18(24-7-13)29-11-19(22)9-28-10-19/h1-7H,8-11H2. The molecule has 1 saturated heterocycles. The summed E-state index contributed by atoms with van der Waals surface area (Å²) in [5.74, 6) is -1.47. The first-order valence-electron chi connectivity index (χ1n) is 8.66. The van der Waals surface area contributed by atoms with Gasteiger partial charge in [-0.15, -0.1) is 0 Å². The molecule has 1 fully saturated rings. The number of hydrogen-bond acceptors (Lipinski definition) is 6. The predicted molar refractivity (Wildman–Crippen MR) is 95.1 cm³/mol. The van der Waals surface area contributed by atoms with Crippen LogP contribution in [0.25, 0.3) is 11.3 Å². The lowest BCUT2D eigenvalue weighted by Crippen LogP contribution is -2.50. The first-order chi connectivity index (χ1) is 13.9. The second-order valence-corrected chi connectivity index (χ2v) is 6.64. The van der Waals surface area contributed by atoms with Crippen LogP contribution < -0.4 is 10.3 Å². The fourth-order valence-corrected chi connectivity index (χ4v) is 2.65. The van der Waals surface area contributed by atoms with Crippen LogP contribution in [0.4, 0.5) is 13.2 Å². The fourth-order valence-electron chi connectivity index (χ4n) is 2.65. The lowest BCUT2D eigenvalue weighted by Gasteiger charge is -2.32. The van der Waals surface area contributed by atoms with Crippen molar-refractivity contribution in [2.75, 3.05) is 19.8 Å². The number of aromatic nitrogens is 4. The van der Waals surface area contributed by atoms with Crippen LogP contribution in [0.2, 0.25) is 0 Å². The Labute approximate surface area is 162 Å². The van der Waals surface area contributed by atoms with Crippen molar-refractivity contribution in [1.82, 2.24) is 19.7 Å². The molecule has 150 valence electrons. The molecule has 0 amide bonds. The van der Waals surface area contributed by atoms with Gasteiger partial charge >= 0.3 is 6.01 Å². The van der Waals surface area contributed by atoms with Crippen LogP contribution in [-0.4, -0.2) is 45.2 Å². The predicted octanol–water partition coefficient (Wildman–Crippen LogP) is 2.14. The normalized spacial score (nSPS) is 15.0. The molecule has 7 nitrogen and oxygen atoms in total. The molecule has 3 heterocycles. The number of benzene rings is 1. The van der Waals surface area contributed by atoms with E-state index in [-0.39, 0.29) is 37.9 Å². The second-order valence-electron chi connectivity index (χ2n) is 6.64. The van der Waals surface area contributed by atoms with Gasteiger partial charge in [0.1, 0.15) is 18.2 Å². The molecule has 4 rings (SSSR count). The Morgan fingerprint density at radius 2 is 1.90 bits per heavy atom. The molecule has 1 aliphatic heterocycles. The summed E-state index contributed by atoms with van der Waals surface area (Å²) >= 11 is 0. The lowest BCUT2D eigenvalue weighted by atomic mass is 10.1. The van der Waals surface area contributed by atoms with Crippen molar-refractivity contribution in [3.05, 3.63) is 70.3 Å². The van der Waals surface area contributed by atoms with Gasteiger partial charge in [0, 0.05) is 35.7 Å². The molecule has 29 heavy (non-hydrogen) atoms. The summed E-state index contributed by atoms with van der Waals surface area (Å²) in [6, 6.07) is 5.86. The van der Waals surface area contributed by atoms with E-state index in [1.54, 1.807) is 0 Å². The van der Waals surface area contributed by atoms with Gasteiger partial charge in [0.25, 0.3) is 5.56 Å². The Morgan fingerprint density at radius 1 is 1.14 bits per heavy atom. The summed E-state index contributed by atoms with van der Waals surface area (Å²) in [7, 11) is 0. The van der Waals surface area contributed by atoms with Gasteiger partial charge in [0.05, 0.1) is 25.5 Å². The van der Waals surface area contributed by atoms with Crippen LogP contribution in [0.15, 0.2) is 47.5 Å². The van der Waals surface area contributed by atoms with Gasteiger partial charge in [0.15, 0.2) is 5.67 Å². The minimum atomic E-state index is -1.52. The molecule has 0 saturated carbocycles. The van der Waals surface area contributed by atoms with Crippen LogP contribution in [0.1, 0.15) is 5.56 Å². The topological polar surface area (TPSA) is 79.1 Å². The highest BCUT2D eigenvalue weighted by atomic mass is 19.1. The summed E-state index contributed by atoms with van der Waals surface area (Å²) in [6.07, 6.45) is 2.83. The van der Waals surface area contributed by atoms with Gasteiger partial charge in [0.2, 0.25) is 0 Å². The Bertz CT molecular complexity index is 1080. The third-order valence-electron chi connectivity index (χ3n) is 4.31. The van der Waals surface area contributed by atoms with E-state index in [1.807, 2.05) is 0 Å². The zero-order chi connectivity index (χ0) is 20.4. The molecule has 2 aromatic heterocycles. The van der Waals surface area contributed by atoms with Crippen LogP contribution in [0, 0.1) is 11.6 Å². The minimum absolute atomic E-state index is 0.000574. The van der Waals surface area contributed by atoms with Gasteiger partial charge in [-0.3, -0.25) is 4.79 Å². The third kappa shape index (κ3) is 4.27. The van der Waals surface area contributed by atoms with Crippen molar-refractivity contribution in [2.24, 2.45) is 0 Å². The SMILES string of the molecule is O=c1ccc(-c2cnc(OCC3(F)COC3)nc2)nn1Cc1ccc(F)cc1F. The zero-order valence-corrected chi connectivity index (χ0v) is 15.0. The van der Waals surface area contributed by atoms with Crippen molar-refractivity contribution in [2.45, 2.75) is 12.2 Å². The molecule has 0 radical (unpaired) electrons. The molecule has 10 heteroatoms. The van der Waals surface area contributed by atoms with E-state index >= 15 is 0 Å². The van der Waals surface area contributed by atoms with Crippen LogP contribution in [-0.2, 0) is 11.3 Å². The molecular formula is C19H15F3N4O3. The smallest absolute Gasteiger partial charge is 0.316 e. The van der Waals surface area contributed by atoms with E-state index in [2.05, 4.69) is 15.1 Å². The summed E-state index contributed by atoms with van der Waals surface area (Å²) in [5, 5.41) is 4.19. The largest absolute Gasteiger partial charge is 0.460 e. The van der Waals surface area contributed by atoms with Crippen molar-refractivity contribution >= 4 is 0 Å². The Hall–Kier alpha value is -3.27. The Morgan fingerprint density at radius 3 is 2.55 bits per heavy atom. The highest BCUT2D eigenvalue weighted by Gasteiger charge is 2.40. The van der Waals surface area contributed by atoms with E-state index < -0.39 is 22.9 Å². The summed E-state index contributed by atoms with van der Waals surface area (Å²) in [4.78, 5) is 20.1. The zero-order valence-electron chi connectivity index (χ0n) is 15.0. The quantitative estimate of drug-likeness (QED) is 0.627. The number of alkyl halides is 1. The van der Waals surface area contributed by atoms with Gasteiger partial charge in [-0.2, -0.15) is 5.10 Å². The minimum Gasteiger partial charge on any atom is -0.460 e. The monoisotopic (exact) mass is 404 g/mol. The van der Waals surface area contributed by atoms with E-state index in [0.717, 1.165) is 16.8 Å². The molecule has 3 aromatic rings. The maximum absolute atomic E-state index is 13.9. The average molecular weight is 404 g/mol. The van der Waals surface area contributed by atoms with Crippen LogP contribution in [0.5, 0.6) is 6.01 Å². The second kappa shape index (κ2) is 7.63. The first kappa shape index (κ1) is 19.1. The molecule has 0 aliphatic carbocycles. The third-order valence-corrected chi connectivity index (χ3v) is 4.31. The molecule has 0 N–H and O–H groups in total. The summed E-state index contributed by atoms with van der Waals surface area (Å²) in [6.45, 7) is -0.420.